The van der Waals surface area contributed by atoms with Gasteiger partial charge in [0.15, 0.2) is 0 Å². The Kier molecular flexibility index (Phi) is 4.14. The smallest absolute Gasteiger partial charge is 0.283 e. The molecule has 0 radical (unpaired) electrons. The van der Waals surface area contributed by atoms with Crippen molar-refractivity contribution in [2.24, 2.45) is 16.1 Å². The van der Waals surface area contributed by atoms with Gasteiger partial charge < -0.3 is 25.3 Å². The van der Waals surface area contributed by atoms with Gasteiger partial charge in [-0.1, -0.05) is 0 Å². The number of anilines is 1. The molecule has 8 nitrogen and oxygen atoms in total. The number of nitrogens with zero attached hydrogens (tertiary/aromatic N) is 2. The summed E-state index contributed by atoms with van der Waals surface area (Å²) in [5.41, 5.74) is 6.00. The number of halogens is 1. The molecule has 3 aliphatic rings. The molecular weight excluding hydrogens is 452 g/mol. The average Bonchev–Trinajstić information content (AvgIpc) is 3.03. The Morgan fingerprint density at radius 3 is 2.60 bits per heavy atom. The van der Waals surface area contributed by atoms with Crippen molar-refractivity contribution in [1.29, 1.82) is 0 Å². The van der Waals surface area contributed by atoms with Crippen molar-refractivity contribution in [3.8, 4) is 5.75 Å². The molecule has 30 heavy (non-hydrogen) atoms. The summed E-state index contributed by atoms with van der Waals surface area (Å²) >= 11 is 3.32. The fourth-order valence-corrected chi connectivity index (χ4v) is 4.79. The highest BCUT2D eigenvalue weighted by Gasteiger charge is 2.71. The van der Waals surface area contributed by atoms with Gasteiger partial charge in [-0.25, -0.2) is 9.98 Å². The topological polar surface area (TPSA) is 108 Å². The first-order valence-corrected chi connectivity index (χ1v) is 10.4. The van der Waals surface area contributed by atoms with E-state index in [2.05, 4.69) is 26.2 Å². The zero-order valence-corrected chi connectivity index (χ0v) is 18.2. The minimum atomic E-state index is -0.747. The van der Waals surface area contributed by atoms with E-state index in [1.165, 1.54) is 0 Å². The predicted octanol–water partition coefficient (Wildman–Crippen LogP) is 2.82. The van der Waals surface area contributed by atoms with Crippen LogP contribution >= 0.6 is 15.9 Å². The summed E-state index contributed by atoms with van der Waals surface area (Å²) in [5, 5.41) is 2.91. The minimum absolute atomic E-state index is 0.151. The Balaban J connectivity index is 1.56. The van der Waals surface area contributed by atoms with Crippen molar-refractivity contribution >= 4 is 33.5 Å². The van der Waals surface area contributed by atoms with Crippen LogP contribution in [0, 0.1) is 5.41 Å². The van der Waals surface area contributed by atoms with Gasteiger partial charge in [-0.15, -0.1) is 0 Å². The Morgan fingerprint density at radius 1 is 1.20 bits per heavy atom. The molecule has 1 saturated heterocycles. The Hall–Kier alpha value is -2.65. The number of carbonyl (C=O) groups is 1. The van der Waals surface area contributed by atoms with E-state index in [0.29, 0.717) is 37.0 Å². The second-order valence-electron chi connectivity index (χ2n) is 8.31. The largest absolute Gasteiger partial charge is 0.487 e. The third kappa shape index (κ3) is 2.58. The number of fused-ring (bicyclic) bond motifs is 3. The van der Waals surface area contributed by atoms with Gasteiger partial charge in [0.1, 0.15) is 29.2 Å². The van der Waals surface area contributed by atoms with Crippen LogP contribution < -0.4 is 15.8 Å². The van der Waals surface area contributed by atoms with Crippen LogP contribution in [-0.4, -0.2) is 42.3 Å². The Bertz CT molecular complexity index is 1070. The van der Waals surface area contributed by atoms with Gasteiger partial charge in [-0.05, 0) is 60.1 Å². The first-order valence-electron chi connectivity index (χ1n) is 9.59. The van der Waals surface area contributed by atoms with E-state index in [-0.39, 0.29) is 11.9 Å². The number of benzene rings is 1. The van der Waals surface area contributed by atoms with Gasteiger partial charge >= 0.3 is 0 Å². The lowest BCUT2D eigenvalue weighted by molar-refractivity contribution is -0.247. The summed E-state index contributed by atoms with van der Waals surface area (Å²) in [4.78, 5) is 21.6. The van der Waals surface area contributed by atoms with Crippen LogP contribution in [0.4, 0.5) is 5.69 Å². The molecule has 2 spiro atoms. The fourth-order valence-electron chi connectivity index (χ4n) is 4.56. The lowest BCUT2D eigenvalue weighted by Crippen LogP contribution is -2.71. The molecule has 0 bridgehead atoms. The maximum absolute atomic E-state index is 12.6. The number of ether oxygens (including phenoxy) is 3. The van der Waals surface area contributed by atoms with Crippen LogP contribution in [0.1, 0.15) is 29.9 Å². The molecule has 0 saturated carbocycles. The van der Waals surface area contributed by atoms with Gasteiger partial charge in [0, 0.05) is 21.9 Å². The lowest BCUT2D eigenvalue weighted by atomic mass is 9.55. The molecule has 0 aliphatic carbocycles. The van der Waals surface area contributed by atoms with Crippen molar-refractivity contribution in [2.75, 3.05) is 25.1 Å². The van der Waals surface area contributed by atoms with Gasteiger partial charge in [-0.3, -0.25) is 4.79 Å². The first-order chi connectivity index (χ1) is 14.3. The normalized spacial score (nSPS) is 25.0. The molecule has 3 N–H and O–H groups in total. The highest BCUT2D eigenvalue weighted by molar-refractivity contribution is 9.10. The zero-order chi connectivity index (χ0) is 21.1. The first kappa shape index (κ1) is 19.3. The van der Waals surface area contributed by atoms with Crippen molar-refractivity contribution in [2.45, 2.75) is 25.0 Å². The number of pyridine rings is 1. The van der Waals surface area contributed by atoms with E-state index >= 15 is 0 Å². The minimum Gasteiger partial charge on any atom is -0.487 e. The lowest BCUT2D eigenvalue weighted by Gasteiger charge is -2.61. The fraction of sp³-hybridized carbons (Fsp3) is 0.381. The summed E-state index contributed by atoms with van der Waals surface area (Å²) in [7, 11) is 0. The zero-order valence-electron chi connectivity index (χ0n) is 16.6. The van der Waals surface area contributed by atoms with E-state index in [0.717, 1.165) is 10.0 Å². The van der Waals surface area contributed by atoms with Crippen LogP contribution in [0.2, 0.25) is 0 Å². The molecule has 5 rings (SSSR count). The summed E-state index contributed by atoms with van der Waals surface area (Å²) < 4.78 is 18.5. The number of carbonyl (C=O) groups excluding carboxylic acids is 1. The van der Waals surface area contributed by atoms with Gasteiger partial charge in [0.05, 0.1) is 18.6 Å². The second kappa shape index (κ2) is 6.42. The van der Waals surface area contributed by atoms with Gasteiger partial charge in [-0.2, -0.15) is 0 Å². The molecule has 2 aromatic rings. The second-order valence-corrected chi connectivity index (χ2v) is 9.23. The third-order valence-corrected chi connectivity index (χ3v) is 6.85. The summed E-state index contributed by atoms with van der Waals surface area (Å²) in [6, 6.07) is 9.11. The van der Waals surface area contributed by atoms with Crippen LogP contribution in [0.25, 0.3) is 0 Å². The monoisotopic (exact) mass is 472 g/mol. The van der Waals surface area contributed by atoms with Crippen molar-refractivity contribution in [3.63, 3.8) is 0 Å². The summed E-state index contributed by atoms with van der Waals surface area (Å²) in [5.74, 6) is 0.389. The third-order valence-electron chi connectivity index (χ3n) is 6.38. The van der Waals surface area contributed by atoms with E-state index in [4.69, 9.17) is 24.9 Å². The van der Waals surface area contributed by atoms with E-state index < -0.39 is 16.6 Å². The Labute approximate surface area is 181 Å². The number of amidine groups is 1. The molecule has 156 valence electrons. The van der Waals surface area contributed by atoms with Crippen LogP contribution in [0.15, 0.2) is 46.0 Å². The molecule has 1 aromatic carbocycles. The summed E-state index contributed by atoms with van der Waals surface area (Å²) in [6.45, 7) is 5.35. The van der Waals surface area contributed by atoms with E-state index in [1.807, 2.05) is 26.0 Å². The number of nitrogens with two attached hydrogens (primary N) is 1. The van der Waals surface area contributed by atoms with Gasteiger partial charge in [0.2, 0.25) is 0 Å². The quantitative estimate of drug-likeness (QED) is 0.695. The molecule has 1 aromatic heterocycles. The van der Waals surface area contributed by atoms with E-state index in [9.17, 15) is 4.79 Å². The van der Waals surface area contributed by atoms with Gasteiger partial charge in [0.25, 0.3) is 11.9 Å². The average molecular weight is 473 g/mol. The van der Waals surface area contributed by atoms with Crippen LogP contribution in [0.5, 0.6) is 5.75 Å². The van der Waals surface area contributed by atoms with E-state index in [1.54, 1.807) is 24.4 Å². The van der Waals surface area contributed by atoms with Crippen LogP contribution in [0.3, 0.4) is 0 Å². The number of rotatable bonds is 2. The number of hydrogen-bond donors (Lipinski definition) is 2. The van der Waals surface area contributed by atoms with Crippen molar-refractivity contribution in [1.82, 2.24) is 4.98 Å². The maximum Gasteiger partial charge on any atom is 0.283 e. The summed E-state index contributed by atoms with van der Waals surface area (Å²) in [6.07, 6.45) is 1.58. The molecule has 1 fully saturated rings. The highest BCUT2D eigenvalue weighted by Crippen LogP contribution is 2.62. The number of hydrogen-bond acceptors (Lipinski definition) is 7. The molecule has 1 atom stereocenters. The maximum atomic E-state index is 12.6. The van der Waals surface area contributed by atoms with Crippen LogP contribution in [-0.2, 0) is 15.0 Å². The molecule has 1 unspecified atom stereocenters. The van der Waals surface area contributed by atoms with Crippen molar-refractivity contribution in [3.05, 3.63) is 52.3 Å². The molecule has 4 heterocycles. The van der Waals surface area contributed by atoms with Crippen molar-refractivity contribution < 1.29 is 19.0 Å². The molecule has 3 aliphatic heterocycles. The molecule has 9 heteroatoms. The molecule has 1 amide bonds. The Morgan fingerprint density at radius 2 is 2.00 bits per heavy atom. The number of aliphatic imine (C=N–C) groups is 1. The molecular formula is C21H21BrN4O4. The number of amides is 1. The predicted molar refractivity (Wildman–Crippen MR) is 114 cm³/mol. The number of nitrogens with one attached hydrogen (secondary N) is 1. The standard InChI is InChI=1S/C21H21BrN4O4/c1-19(2)20(9-28-10-20)21(11-29-18(23)26-21)14-7-13(4-6-16(14)30-19)25-17(27)15-5-3-12(22)8-24-15/h3-8H,9-11H2,1-2H3,(H2,23,26)(H,25,27). The highest BCUT2D eigenvalue weighted by atomic mass is 79.9. The number of aromatic nitrogens is 1. The SMILES string of the molecule is CC1(C)Oc2ccc(NC(=O)c3ccc(Br)cn3)cc2C2(COC(N)=N2)C12COC2.